The Morgan fingerprint density at radius 2 is 1.00 bits per heavy atom. The van der Waals surface area contributed by atoms with E-state index in [0.29, 0.717) is 5.56 Å². The van der Waals surface area contributed by atoms with Gasteiger partial charge in [-0.3, -0.25) is 0 Å². The van der Waals surface area contributed by atoms with Crippen molar-refractivity contribution in [2.45, 2.75) is 13.5 Å². The van der Waals surface area contributed by atoms with E-state index in [-0.39, 0.29) is 52.6 Å². The van der Waals surface area contributed by atoms with Gasteiger partial charge < -0.3 is 40.9 Å². The van der Waals surface area contributed by atoms with E-state index >= 15 is 0 Å². The maximum atomic E-state index is 9.39. The molecule has 0 spiro atoms. The predicted octanol–water partition coefficient (Wildman–Crippen LogP) is 5.93. The molecule has 10 nitrogen and oxygen atoms in total. The average Bonchev–Trinajstić information content (AvgIpc) is 2.87. The molecule has 0 atom stereocenters. The number of hydrogen-bond acceptors (Lipinski definition) is 10. The van der Waals surface area contributed by atoms with Crippen molar-refractivity contribution in [2.75, 3.05) is 7.11 Å². The summed E-state index contributed by atoms with van der Waals surface area (Å²) in [5.41, 5.74) is 1.50. The minimum atomic E-state index is 0.00435. The third kappa shape index (κ3) is 11.9. The summed E-state index contributed by atoms with van der Waals surface area (Å²) >= 11 is 0. The maximum absolute atomic E-state index is 9.39. The Labute approximate surface area is 236 Å². The largest absolute Gasteiger partial charge is 0.508 e. The van der Waals surface area contributed by atoms with Gasteiger partial charge in [0.05, 0.1) is 7.11 Å². The summed E-state index contributed by atoms with van der Waals surface area (Å²) in [6.07, 6.45) is 0. The molecule has 0 aromatic heterocycles. The van der Waals surface area contributed by atoms with Crippen LogP contribution in [0, 0.1) is 6.92 Å². The molecule has 0 bridgehead atoms. The fourth-order valence-corrected chi connectivity index (χ4v) is 3.38. The summed E-state index contributed by atoms with van der Waals surface area (Å²) in [5, 5.41) is 73.2. The third-order valence-electron chi connectivity index (χ3n) is 5.01. The van der Waals surface area contributed by atoms with Crippen LogP contribution in [0.5, 0.6) is 46.0 Å². The monoisotopic (exact) mass is 564 g/mol. The van der Waals surface area contributed by atoms with Gasteiger partial charge in [-0.1, -0.05) is 30.3 Å². The first-order valence-corrected chi connectivity index (χ1v) is 12.0. The molecule has 0 aliphatic carbocycles. The zero-order valence-electron chi connectivity index (χ0n) is 22.3. The molecule has 0 aliphatic heterocycles. The highest BCUT2D eigenvalue weighted by Gasteiger charge is 2.00. The number of phenols is 8. The number of aryl methyl sites for hydroxylation is 1. The molecule has 0 fully saturated rings. The molecule has 5 rings (SSSR count). The van der Waals surface area contributed by atoms with Gasteiger partial charge in [0.15, 0.2) is 0 Å². The van der Waals surface area contributed by atoms with Crippen molar-refractivity contribution >= 4 is 10.8 Å². The van der Waals surface area contributed by atoms with Gasteiger partial charge in [-0.15, -0.1) is 0 Å². The fraction of sp³-hybridized carbons (Fsp3) is 0.0968. The highest BCUT2D eigenvalue weighted by atomic mass is 17.2. The SMILES string of the molecule is COOCc1cc(O)cc(O)c1.Cc1cc(O)cc(O)c1.Oc1cc(O)c2ccccc2c1.Oc1cccc(O)c1. The molecule has 216 valence electrons. The second kappa shape index (κ2) is 15.9. The summed E-state index contributed by atoms with van der Waals surface area (Å²) < 4.78 is 0. The van der Waals surface area contributed by atoms with E-state index < -0.39 is 0 Å². The Balaban J connectivity index is 0.000000194. The Morgan fingerprint density at radius 3 is 1.49 bits per heavy atom. The first kappa shape index (κ1) is 31.9. The smallest absolute Gasteiger partial charge is 0.127 e. The zero-order valence-corrected chi connectivity index (χ0v) is 22.3. The molecule has 0 saturated carbocycles. The van der Waals surface area contributed by atoms with Crippen LogP contribution in [0.3, 0.4) is 0 Å². The number of rotatable bonds is 3. The topological polar surface area (TPSA) is 180 Å². The first-order valence-electron chi connectivity index (χ1n) is 12.0. The van der Waals surface area contributed by atoms with E-state index in [1.807, 2.05) is 24.3 Å². The molecule has 5 aromatic rings. The molecule has 0 radical (unpaired) electrons. The van der Waals surface area contributed by atoms with Crippen LogP contribution < -0.4 is 0 Å². The van der Waals surface area contributed by atoms with Crippen LogP contribution in [0.2, 0.25) is 0 Å². The summed E-state index contributed by atoms with van der Waals surface area (Å²) in [6, 6.07) is 24.8. The van der Waals surface area contributed by atoms with Crippen LogP contribution in [-0.4, -0.2) is 48.0 Å². The summed E-state index contributed by atoms with van der Waals surface area (Å²) in [5.74, 6) is 0.598. The number of aromatic hydroxyl groups is 8. The van der Waals surface area contributed by atoms with E-state index in [2.05, 4.69) is 9.78 Å². The van der Waals surface area contributed by atoms with Crippen LogP contribution >= 0.6 is 0 Å². The lowest BCUT2D eigenvalue weighted by Gasteiger charge is -2.01. The van der Waals surface area contributed by atoms with Crippen LogP contribution in [0.1, 0.15) is 11.1 Å². The van der Waals surface area contributed by atoms with Crippen molar-refractivity contribution in [2.24, 2.45) is 0 Å². The van der Waals surface area contributed by atoms with Crippen LogP contribution in [0.15, 0.2) is 97.1 Å². The first-order chi connectivity index (χ1) is 19.5. The van der Waals surface area contributed by atoms with Crippen molar-refractivity contribution < 1.29 is 50.6 Å². The molecule has 0 amide bonds. The molecule has 8 N–H and O–H groups in total. The molecule has 0 saturated heterocycles. The lowest BCUT2D eigenvalue weighted by Crippen LogP contribution is -1.90. The van der Waals surface area contributed by atoms with E-state index in [4.69, 9.17) is 35.7 Å². The quantitative estimate of drug-likeness (QED) is 0.0966. The summed E-state index contributed by atoms with van der Waals surface area (Å²) in [4.78, 5) is 8.97. The van der Waals surface area contributed by atoms with Crippen molar-refractivity contribution in [3.63, 3.8) is 0 Å². The molecule has 5 aromatic carbocycles. The zero-order chi connectivity index (χ0) is 30.4. The van der Waals surface area contributed by atoms with Gasteiger partial charge in [-0.05, 0) is 65.9 Å². The van der Waals surface area contributed by atoms with Crippen molar-refractivity contribution in [1.29, 1.82) is 0 Å². The van der Waals surface area contributed by atoms with Gasteiger partial charge in [0.25, 0.3) is 0 Å². The van der Waals surface area contributed by atoms with Gasteiger partial charge in [-0.2, -0.15) is 0 Å². The lowest BCUT2D eigenvalue weighted by atomic mass is 10.1. The molecule has 10 heteroatoms. The fourth-order valence-electron chi connectivity index (χ4n) is 3.38. The van der Waals surface area contributed by atoms with Gasteiger partial charge in [0, 0.05) is 29.7 Å². The second-order valence-corrected chi connectivity index (χ2v) is 8.52. The average molecular weight is 565 g/mol. The highest BCUT2D eigenvalue weighted by Crippen LogP contribution is 2.29. The van der Waals surface area contributed by atoms with Gasteiger partial charge in [0.1, 0.15) is 52.6 Å². The Hall–Kier alpha value is -5.32. The summed E-state index contributed by atoms with van der Waals surface area (Å²) in [7, 11) is 1.39. The van der Waals surface area contributed by atoms with Crippen molar-refractivity contribution in [3.8, 4) is 46.0 Å². The van der Waals surface area contributed by atoms with Crippen LogP contribution in [-0.2, 0) is 16.4 Å². The van der Waals surface area contributed by atoms with E-state index in [9.17, 15) is 5.11 Å². The predicted molar refractivity (Wildman–Crippen MR) is 153 cm³/mol. The molecule has 0 aliphatic rings. The molecular formula is C31H32O10. The molecule has 0 heterocycles. The Kier molecular flexibility index (Phi) is 12.4. The number of phenolic OH excluding ortho intramolecular Hbond substituents is 8. The van der Waals surface area contributed by atoms with Gasteiger partial charge >= 0.3 is 0 Å². The normalized spacial score (nSPS) is 9.80. The maximum Gasteiger partial charge on any atom is 0.127 e. The highest BCUT2D eigenvalue weighted by molar-refractivity contribution is 5.89. The minimum absolute atomic E-state index is 0.00435. The Bertz CT molecular complexity index is 1450. The minimum Gasteiger partial charge on any atom is -0.508 e. The van der Waals surface area contributed by atoms with Gasteiger partial charge in [-0.25, -0.2) is 9.78 Å². The lowest BCUT2D eigenvalue weighted by molar-refractivity contribution is -0.282. The number of hydrogen-bond donors (Lipinski definition) is 8. The third-order valence-corrected chi connectivity index (χ3v) is 5.01. The molecular weight excluding hydrogens is 532 g/mol. The van der Waals surface area contributed by atoms with Gasteiger partial charge in [0.2, 0.25) is 0 Å². The standard InChI is InChI=1S/C10H8O2.C8H10O4.C7H8O2.C6H6O2/c11-8-5-7-3-1-2-4-9(7)10(12)6-8;1-11-12-5-6-2-7(9)4-8(10)3-6;1-5-2-6(8)4-7(9)3-5;7-5-2-1-3-6(8)4-5/h1-6,11-12H;2-4,9-10H,5H2,1H3;2-4,8-9H,1H3;1-4,7-8H. The van der Waals surface area contributed by atoms with Crippen molar-refractivity contribution in [1.82, 2.24) is 0 Å². The van der Waals surface area contributed by atoms with E-state index in [0.717, 1.165) is 16.3 Å². The van der Waals surface area contributed by atoms with E-state index in [1.165, 1.54) is 55.6 Å². The van der Waals surface area contributed by atoms with Crippen LogP contribution in [0.4, 0.5) is 0 Å². The summed E-state index contributed by atoms with van der Waals surface area (Å²) in [6.45, 7) is 2.00. The Morgan fingerprint density at radius 1 is 0.512 bits per heavy atom. The molecule has 0 unspecified atom stereocenters. The number of fused-ring (bicyclic) bond motifs is 1. The number of benzene rings is 5. The second-order valence-electron chi connectivity index (χ2n) is 8.52. The van der Waals surface area contributed by atoms with Crippen LogP contribution in [0.25, 0.3) is 10.8 Å². The van der Waals surface area contributed by atoms with Crippen molar-refractivity contribution in [3.05, 3.63) is 108 Å². The van der Waals surface area contributed by atoms with E-state index in [1.54, 1.807) is 31.2 Å². The molecule has 41 heavy (non-hydrogen) atoms.